The molecule has 0 fully saturated rings. The highest BCUT2D eigenvalue weighted by Crippen LogP contribution is 2.34. The van der Waals surface area contributed by atoms with E-state index in [1.54, 1.807) is 19.2 Å². The van der Waals surface area contributed by atoms with Gasteiger partial charge < -0.3 is 9.47 Å². The number of hydrogen-bond donors (Lipinski definition) is 0. The standard InChI is InChI=1S/C21H18ClNO3/c1-25-19-13-7-5-9-16(19)15-23(21(22)24)18-12-6-8-14-20(18)26-17-10-3-2-4-11-17/h2-14H,15H2,1H3. The fourth-order valence-corrected chi connectivity index (χ4v) is 2.78. The van der Waals surface area contributed by atoms with Crippen LogP contribution >= 0.6 is 11.6 Å². The lowest BCUT2D eigenvalue weighted by Gasteiger charge is -2.23. The molecule has 0 radical (unpaired) electrons. The Balaban J connectivity index is 1.95. The van der Waals surface area contributed by atoms with Crippen LogP contribution in [-0.4, -0.2) is 12.5 Å². The van der Waals surface area contributed by atoms with Gasteiger partial charge >= 0.3 is 5.37 Å². The molecule has 4 nitrogen and oxygen atoms in total. The fraction of sp³-hybridized carbons (Fsp3) is 0.0952. The number of methoxy groups -OCH3 is 1. The van der Waals surface area contributed by atoms with E-state index in [1.807, 2.05) is 66.7 Å². The van der Waals surface area contributed by atoms with Crippen molar-refractivity contribution in [3.05, 3.63) is 84.4 Å². The van der Waals surface area contributed by atoms with E-state index in [0.29, 0.717) is 22.9 Å². The largest absolute Gasteiger partial charge is 0.496 e. The van der Waals surface area contributed by atoms with E-state index < -0.39 is 5.37 Å². The summed E-state index contributed by atoms with van der Waals surface area (Å²) < 4.78 is 11.3. The Morgan fingerprint density at radius 2 is 1.50 bits per heavy atom. The van der Waals surface area contributed by atoms with Crippen LogP contribution in [0.2, 0.25) is 0 Å². The van der Waals surface area contributed by atoms with Crippen LogP contribution in [0.3, 0.4) is 0 Å². The van der Waals surface area contributed by atoms with E-state index in [2.05, 4.69) is 0 Å². The first-order valence-electron chi connectivity index (χ1n) is 8.10. The van der Waals surface area contributed by atoms with Crippen molar-refractivity contribution >= 4 is 22.7 Å². The summed E-state index contributed by atoms with van der Waals surface area (Å²) in [6.07, 6.45) is 0. The van der Waals surface area contributed by atoms with Gasteiger partial charge in [-0.15, -0.1) is 0 Å². The summed E-state index contributed by atoms with van der Waals surface area (Å²) in [4.78, 5) is 13.6. The van der Waals surface area contributed by atoms with Crippen molar-refractivity contribution in [2.45, 2.75) is 6.54 Å². The van der Waals surface area contributed by atoms with Gasteiger partial charge in [0.05, 0.1) is 19.3 Å². The third-order valence-corrected chi connectivity index (χ3v) is 4.06. The molecule has 3 aromatic rings. The van der Waals surface area contributed by atoms with Crippen molar-refractivity contribution in [3.8, 4) is 17.2 Å². The second kappa shape index (κ2) is 8.41. The smallest absolute Gasteiger partial charge is 0.321 e. The average Bonchev–Trinajstić information content (AvgIpc) is 2.67. The second-order valence-electron chi connectivity index (χ2n) is 5.53. The van der Waals surface area contributed by atoms with Crippen LogP contribution < -0.4 is 14.4 Å². The maximum absolute atomic E-state index is 12.1. The SMILES string of the molecule is COc1ccccc1CN(C(=O)Cl)c1ccccc1Oc1ccccc1. The molecule has 0 aliphatic rings. The fourth-order valence-electron chi connectivity index (χ4n) is 2.63. The molecular formula is C21H18ClNO3. The van der Waals surface area contributed by atoms with E-state index in [1.165, 1.54) is 4.90 Å². The molecule has 3 aromatic carbocycles. The topological polar surface area (TPSA) is 38.8 Å². The van der Waals surface area contributed by atoms with E-state index in [-0.39, 0.29) is 6.54 Å². The number of amides is 1. The molecule has 0 saturated carbocycles. The summed E-state index contributed by atoms with van der Waals surface area (Å²) >= 11 is 5.89. The van der Waals surface area contributed by atoms with Crippen molar-refractivity contribution in [2.75, 3.05) is 12.0 Å². The van der Waals surface area contributed by atoms with E-state index in [0.717, 1.165) is 5.56 Å². The first kappa shape index (κ1) is 17.8. The van der Waals surface area contributed by atoms with Crippen molar-refractivity contribution in [2.24, 2.45) is 0 Å². The first-order chi connectivity index (χ1) is 12.7. The number of rotatable bonds is 6. The monoisotopic (exact) mass is 367 g/mol. The number of carbonyl (C=O) groups excluding carboxylic acids is 1. The van der Waals surface area contributed by atoms with Crippen molar-refractivity contribution in [1.29, 1.82) is 0 Å². The summed E-state index contributed by atoms with van der Waals surface area (Å²) in [7, 11) is 1.60. The predicted octanol–water partition coefficient (Wildman–Crippen LogP) is 5.85. The molecule has 132 valence electrons. The highest BCUT2D eigenvalue weighted by molar-refractivity contribution is 6.66. The molecular weight excluding hydrogens is 350 g/mol. The highest BCUT2D eigenvalue weighted by Gasteiger charge is 2.20. The number of hydrogen-bond acceptors (Lipinski definition) is 3. The van der Waals surface area contributed by atoms with Gasteiger partial charge in [0.1, 0.15) is 11.5 Å². The van der Waals surface area contributed by atoms with Crippen LogP contribution in [0.15, 0.2) is 78.9 Å². The summed E-state index contributed by atoms with van der Waals surface area (Å²) in [6.45, 7) is 0.265. The lowest BCUT2D eigenvalue weighted by atomic mass is 10.1. The number of para-hydroxylation sites is 4. The summed E-state index contributed by atoms with van der Waals surface area (Å²) in [6, 6.07) is 24.2. The molecule has 0 bridgehead atoms. The van der Waals surface area contributed by atoms with Crippen LogP contribution in [0.1, 0.15) is 5.56 Å². The Labute approximate surface area is 157 Å². The molecule has 0 unspecified atom stereocenters. The molecule has 26 heavy (non-hydrogen) atoms. The Morgan fingerprint density at radius 3 is 2.19 bits per heavy atom. The molecule has 0 saturated heterocycles. The van der Waals surface area contributed by atoms with Gasteiger partial charge in [-0.05, 0) is 41.9 Å². The maximum Gasteiger partial charge on any atom is 0.321 e. The first-order valence-corrected chi connectivity index (χ1v) is 8.47. The Kier molecular flexibility index (Phi) is 5.77. The Hall–Kier alpha value is -2.98. The van der Waals surface area contributed by atoms with Crippen LogP contribution in [0.25, 0.3) is 0 Å². The molecule has 0 aliphatic carbocycles. The maximum atomic E-state index is 12.1. The number of ether oxygens (including phenoxy) is 2. The van der Waals surface area contributed by atoms with E-state index in [4.69, 9.17) is 21.1 Å². The predicted molar refractivity (Wildman–Crippen MR) is 103 cm³/mol. The third kappa shape index (κ3) is 4.16. The molecule has 0 atom stereocenters. The normalized spacial score (nSPS) is 10.2. The molecule has 0 N–H and O–H groups in total. The minimum atomic E-state index is -0.597. The Bertz CT molecular complexity index is 883. The van der Waals surface area contributed by atoms with Crippen LogP contribution in [0.5, 0.6) is 17.2 Å². The summed E-state index contributed by atoms with van der Waals surface area (Å²) in [5.41, 5.74) is 1.43. The van der Waals surface area contributed by atoms with Gasteiger partial charge in [-0.1, -0.05) is 48.5 Å². The molecule has 0 spiro atoms. The number of anilines is 1. The van der Waals surface area contributed by atoms with Gasteiger partial charge in [0.25, 0.3) is 0 Å². The van der Waals surface area contributed by atoms with Gasteiger partial charge in [0, 0.05) is 5.56 Å². The molecule has 1 amide bonds. The zero-order valence-corrected chi connectivity index (χ0v) is 15.0. The number of halogens is 1. The number of nitrogens with zero attached hydrogens (tertiary/aromatic N) is 1. The highest BCUT2D eigenvalue weighted by atomic mass is 35.5. The van der Waals surface area contributed by atoms with Crippen molar-refractivity contribution in [1.82, 2.24) is 0 Å². The van der Waals surface area contributed by atoms with Gasteiger partial charge in [-0.25, -0.2) is 0 Å². The van der Waals surface area contributed by atoms with Crippen LogP contribution in [0, 0.1) is 0 Å². The Morgan fingerprint density at radius 1 is 0.885 bits per heavy atom. The average molecular weight is 368 g/mol. The minimum Gasteiger partial charge on any atom is -0.496 e. The lowest BCUT2D eigenvalue weighted by molar-refractivity contribution is 0.263. The zero-order valence-electron chi connectivity index (χ0n) is 14.3. The lowest BCUT2D eigenvalue weighted by Crippen LogP contribution is -2.25. The number of benzene rings is 3. The van der Waals surface area contributed by atoms with Crippen molar-refractivity contribution in [3.63, 3.8) is 0 Å². The third-order valence-electron chi connectivity index (χ3n) is 3.86. The van der Waals surface area contributed by atoms with Crippen LogP contribution in [-0.2, 0) is 6.54 Å². The number of carbonyl (C=O) groups is 1. The van der Waals surface area contributed by atoms with E-state index >= 15 is 0 Å². The quantitative estimate of drug-likeness (QED) is 0.405. The zero-order chi connectivity index (χ0) is 18.4. The molecule has 3 rings (SSSR count). The molecule has 0 aliphatic heterocycles. The second-order valence-corrected chi connectivity index (χ2v) is 5.86. The van der Waals surface area contributed by atoms with E-state index in [9.17, 15) is 4.79 Å². The molecule has 0 heterocycles. The van der Waals surface area contributed by atoms with Crippen LogP contribution in [0.4, 0.5) is 10.5 Å². The summed E-state index contributed by atoms with van der Waals surface area (Å²) in [5.74, 6) is 1.92. The van der Waals surface area contributed by atoms with Gasteiger partial charge in [-0.2, -0.15) is 0 Å². The summed E-state index contributed by atoms with van der Waals surface area (Å²) in [5, 5.41) is -0.597. The molecule has 0 aromatic heterocycles. The van der Waals surface area contributed by atoms with Gasteiger partial charge in [0.15, 0.2) is 5.75 Å². The van der Waals surface area contributed by atoms with Crippen molar-refractivity contribution < 1.29 is 14.3 Å². The minimum absolute atomic E-state index is 0.265. The van der Waals surface area contributed by atoms with Gasteiger partial charge in [-0.3, -0.25) is 9.69 Å². The molecule has 5 heteroatoms. The van der Waals surface area contributed by atoms with Gasteiger partial charge in [0.2, 0.25) is 0 Å².